The number of nitrogens with one attached hydrogen (secondary N) is 1. The van der Waals surface area contributed by atoms with Gasteiger partial charge in [-0.15, -0.1) is 0 Å². The Morgan fingerprint density at radius 3 is 2.54 bits per heavy atom. The number of fused-ring (bicyclic) bond motifs is 1. The van der Waals surface area contributed by atoms with Gasteiger partial charge >= 0.3 is 0 Å². The number of benzene rings is 2. The second kappa shape index (κ2) is 6.11. The maximum atomic E-state index is 12.3. The van der Waals surface area contributed by atoms with Gasteiger partial charge in [0.1, 0.15) is 0 Å². The SMILES string of the molecule is O=C(Nc1ccc2c(c1)CN(C(=O)C1CC1)CC2)c1ccccc1. The summed E-state index contributed by atoms with van der Waals surface area (Å²) in [6.45, 7) is 1.46. The monoisotopic (exact) mass is 320 g/mol. The molecule has 1 aliphatic carbocycles. The van der Waals surface area contributed by atoms with Crippen LogP contribution in [0.4, 0.5) is 5.69 Å². The summed E-state index contributed by atoms with van der Waals surface area (Å²) in [4.78, 5) is 26.5. The molecule has 0 radical (unpaired) electrons. The molecule has 1 fully saturated rings. The van der Waals surface area contributed by atoms with Crippen LogP contribution in [-0.2, 0) is 17.8 Å². The highest BCUT2D eigenvalue weighted by Crippen LogP contribution is 2.33. The summed E-state index contributed by atoms with van der Waals surface area (Å²) in [5.74, 6) is 0.434. The first-order valence-corrected chi connectivity index (χ1v) is 8.48. The molecule has 1 saturated carbocycles. The minimum Gasteiger partial charge on any atom is -0.338 e. The number of carbonyl (C=O) groups is 2. The molecule has 2 aromatic rings. The van der Waals surface area contributed by atoms with Crippen molar-refractivity contribution in [3.8, 4) is 0 Å². The highest BCUT2D eigenvalue weighted by molar-refractivity contribution is 6.04. The molecule has 122 valence electrons. The van der Waals surface area contributed by atoms with Gasteiger partial charge in [0, 0.05) is 30.3 Å². The van der Waals surface area contributed by atoms with Crippen LogP contribution in [0.1, 0.15) is 34.3 Å². The van der Waals surface area contributed by atoms with Gasteiger partial charge in [-0.25, -0.2) is 0 Å². The van der Waals surface area contributed by atoms with Crippen molar-refractivity contribution in [2.75, 3.05) is 11.9 Å². The Bertz CT molecular complexity index is 781. The van der Waals surface area contributed by atoms with Crippen molar-refractivity contribution in [1.29, 1.82) is 0 Å². The fourth-order valence-corrected chi connectivity index (χ4v) is 3.20. The molecule has 24 heavy (non-hydrogen) atoms. The summed E-state index contributed by atoms with van der Waals surface area (Å²) in [6, 6.07) is 15.2. The van der Waals surface area contributed by atoms with Crippen molar-refractivity contribution >= 4 is 17.5 Å². The van der Waals surface area contributed by atoms with Crippen LogP contribution < -0.4 is 5.32 Å². The molecule has 0 bridgehead atoms. The van der Waals surface area contributed by atoms with Crippen LogP contribution in [0.3, 0.4) is 0 Å². The van der Waals surface area contributed by atoms with Gasteiger partial charge in [0.05, 0.1) is 0 Å². The fourth-order valence-electron chi connectivity index (χ4n) is 3.20. The zero-order valence-electron chi connectivity index (χ0n) is 13.5. The van der Waals surface area contributed by atoms with Gasteiger partial charge in [-0.2, -0.15) is 0 Å². The van der Waals surface area contributed by atoms with Crippen LogP contribution in [0.5, 0.6) is 0 Å². The summed E-state index contributed by atoms with van der Waals surface area (Å²) in [5, 5.41) is 2.95. The van der Waals surface area contributed by atoms with Crippen molar-refractivity contribution in [3.63, 3.8) is 0 Å². The minimum atomic E-state index is -0.114. The highest BCUT2D eigenvalue weighted by Gasteiger charge is 2.34. The Labute approximate surface area is 141 Å². The Balaban J connectivity index is 1.49. The minimum absolute atomic E-state index is 0.114. The van der Waals surface area contributed by atoms with E-state index in [1.54, 1.807) is 12.1 Å². The van der Waals surface area contributed by atoms with Crippen molar-refractivity contribution in [3.05, 3.63) is 65.2 Å². The lowest BCUT2D eigenvalue weighted by Crippen LogP contribution is -2.36. The molecule has 4 nitrogen and oxygen atoms in total. The maximum absolute atomic E-state index is 12.3. The van der Waals surface area contributed by atoms with Gasteiger partial charge in [0.2, 0.25) is 5.91 Å². The van der Waals surface area contributed by atoms with Gasteiger partial charge in [-0.1, -0.05) is 24.3 Å². The van der Waals surface area contributed by atoms with Crippen LogP contribution in [0.25, 0.3) is 0 Å². The van der Waals surface area contributed by atoms with E-state index in [0.717, 1.165) is 37.1 Å². The van der Waals surface area contributed by atoms with Crippen molar-refractivity contribution in [2.45, 2.75) is 25.8 Å². The summed E-state index contributed by atoms with van der Waals surface area (Å²) >= 11 is 0. The van der Waals surface area contributed by atoms with Crippen LogP contribution in [0, 0.1) is 5.92 Å². The number of nitrogens with zero attached hydrogens (tertiary/aromatic N) is 1. The summed E-state index contributed by atoms with van der Waals surface area (Å²) in [6.07, 6.45) is 2.96. The summed E-state index contributed by atoms with van der Waals surface area (Å²) in [5.41, 5.74) is 3.83. The number of hydrogen-bond donors (Lipinski definition) is 1. The first kappa shape index (κ1) is 14.9. The normalized spacial score (nSPS) is 16.4. The molecule has 2 amide bonds. The molecular formula is C20H20N2O2. The number of carbonyl (C=O) groups excluding carboxylic acids is 2. The molecule has 0 unspecified atom stereocenters. The largest absolute Gasteiger partial charge is 0.338 e. The maximum Gasteiger partial charge on any atom is 0.255 e. The molecule has 1 heterocycles. The van der Waals surface area contributed by atoms with E-state index in [-0.39, 0.29) is 11.8 Å². The predicted octanol–water partition coefficient (Wildman–Crippen LogP) is 3.23. The number of hydrogen-bond acceptors (Lipinski definition) is 2. The first-order chi connectivity index (χ1) is 11.7. The Hall–Kier alpha value is -2.62. The Morgan fingerprint density at radius 1 is 1.00 bits per heavy atom. The topological polar surface area (TPSA) is 49.4 Å². The molecule has 0 saturated heterocycles. The van der Waals surface area contributed by atoms with E-state index >= 15 is 0 Å². The van der Waals surface area contributed by atoms with E-state index < -0.39 is 0 Å². The third-order valence-corrected chi connectivity index (χ3v) is 4.75. The third-order valence-electron chi connectivity index (χ3n) is 4.75. The fraction of sp³-hybridized carbons (Fsp3) is 0.300. The Kier molecular flexibility index (Phi) is 3.81. The van der Waals surface area contributed by atoms with E-state index in [2.05, 4.69) is 11.4 Å². The van der Waals surface area contributed by atoms with Crippen molar-refractivity contribution in [1.82, 2.24) is 4.90 Å². The lowest BCUT2D eigenvalue weighted by Gasteiger charge is -2.29. The van der Waals surface area contributed by atoms with Gasteiger partial charge in [-0.05, 0) is 54.7 Å². The molecule has 4 heteroatoms. The molecule has 0 spiro atoms. The molecule has 2 aliphatic rings. The van der Waals surface area contributed by atoms with E-state index in [1.807, 2.05) is 35.2 Å². The lowest BCUT2D eigenvalue weighted by atomic mass is 9.98. The first-order valence-electron chi connectivity index (χ1n) is 8.48. The van der Waals surface area contributed by atoms with E-state index in [9.17, 15) is 9.59 Å². The van der Waals surface area contributed by atoms with Gasteiger partial charge < -0.3 is 10.2 Å². The summed E-state index contributed by atoms with van der Waals surface area (Å²) in [7, 11) is 0. The number of rotatable bonds is 3. The standard InChI is InChI=1S/C20H20N2O2/c23-19(15-4-2-1-3-5-15)21-18-9-8-14-10-11-22(13-17(14)12-18)20(24)16-6-7-16/h1-5,8-9,12,16H,6-7,10-11,13H2,(H,21,23). The van der Waals surface area contributed by atoms with Gasteiger partial charge in [0.15, 0.2) is 0 Å². The van der Waals surface area contributed by atoms with Crippen LogP contribution >= 0.6 is 0 Å². The van der Waals surface area contributed by atoms with E-state index in [4.69, 9.17) is 0 Å². The van der Waals surface area contributed by atoms with Gasteiger partial charge in [0.25, 0.3) is 5.91 Å². The number of amides is 2. The second-order valence-electron chi connectivity index (χ2n) is 6.59. The van der Waals surface area contributed by atoms with Crippen LogP contribution in [0.2, 0.25) is 0 Å². The third kappa shape index (κ3) is 3.04. The molecular weight excluding hydrogens is 300 g/mol. The Morgan fingerprint density at radius 2 is 1.79 bits per heavy atom. The van der Waals surface area contributed by atoms with Crippen molar-refractivity contribution < 1.29 is 9.59 Å². The molecule has 4 rings (SSSR count). The molecule has 1 aliphatic heterocycles. The second-order valence-corrected chi connectivity index (χ2v) is 6.59. The molecule has 2 aromatic carbocycles. The zero-order valence-corrected chi connectivity index (χ0v) is 13.5. The highest BCUT2D eigenvalue weighted by atomic mass is 16.2. The smallest absolute Gasteiger partial charge is 0.255 e. The lowest BCUT2D eigenvalue weighted by molar-refractivity contribution is -0.133. The van der Waals surface area contributed by atoms with Gasteiger partial charge in [-0.3, -0.25) is 9.59 Å². The van der Waals surface area contributed by atoms with E-state index in [0.29, 0.717) is 18.0 Å². The van der Waals surface area contributed by atoms with Crippen molar-refractivity contribution in [2.24, 2.45) is 5.92 Å². The van der Waals surface area contributed by atoms with Crippen LogP contribution in [-0.4, -0.2) is 23.3 Å². The molecule has 0 aromatic heterocycles. The molecule has 1 N–H and O–H groups in total. The number of anilines is 1. The average molecular weight is 320 g/mol. The predicted molar refractivity (Wildman–Crippen MR) is 92.7 cm³/mol. The average Bonchev–Trinajstić information content (AvgIpc) is 3.46. The van der Waals surface area contributed by atoms with E-state index in [1.165, 1.54) is 5.56 Å². The quantitative estimate of drug-likeness (QED) is 0.944. The van der Waals surface area contributed by atoms with Crippen LogP contribution in [0.15, 0.2) is 48.5 Å². The summed E-state index contributed by atoms with van der Waals surface area (Å²) < 4.78 is 0. The zero-order chi connectivity index (χ0) is 16.5. The molecule has 0 atom stereocenters.